The molecule has 1 fully saturated rings. The number of aromatic nitrogens is 1. The Morgan fingerprint density at radius 3 is 1.71 bits per heavy atom. The first kappa shape index (κ1) is 12.8. The summed E-state index contributed by atoms with van der Waals surface area (Å²) in [6.45, 7) is 0. The van der Waals surface area contributed by atoms with E-state index in [1.807, 2.05) is 18.2 Å². The van der Waals surface area contributed by atoms with Crippen LogP contribution in [-0.4, -0.2) is 46.7 Å². The van der Waals surface area contributed by atoms with Crippen LogP contribution in [0.1, 0.15) is 6.42 Å². The number of carbonyl (C=O) groups excluding carboxylic acids is 3. The molecule has 0 N–H and O–H groups in total. The molecule has 17 heavy (non-hydrogen) atoms. The first-order chi connectivity index (χ1) is 8.04. The highest BCUT2D eigenvalue weighted by atomic mass is 16.2. The van der Waals surface area contributed by atoms with Crippen molar-refractivity contribution in [2.24, 2.45) is 0 Å². The Balaban J connectivity index is 0.000000202. The van der Waals surface area contributed by atoms with Gasteiger partial charge < -0.3 is 0 Å². The van der Waals surface area contributed by atoms with Gasteiger partial charge >= 0.3 is 6.03 Å². The summed E-state index contributed by atoms with van der Waals surface area (Å²) in [5.41, 5.74) is 0. The summed E-state index contributed by atoms with van der Waals surface area (Å²) in [6.07, 6.45) is 3.29. The van der Waals surface area contributed by atoms with Crippen LogP contribution in [0.3, 0.4) is 0 Å². The van der Waals surface area contributed by atoms with Gasteiger partial charge in [-0.05, 0) is 12.1 Å². The van der Waals surface area contributed by atoms with Crippen LogP contribution in [0.25, 0.3) is 0 Å². The first-order valence-electron chi connectivity index (χ1n) is 4.96. The van der Waals surface area contributed by atoms with Crippen LogP contribution in [0.15, 0.2) is 30.6 Å². The van der Waals surface area contributed by atoms with Crippen LogP contribution < -0.4 is 0 Å². The van der Waals surface area contributed by atoms with Crippen molar-refractivity contribution in [3.05, 3.63) is 30.6 Å². The fraction of sp³-hybridized carbons (Fsp3) is 0.273. The van der Waals surface area contributed by atoms with Crippen molar-refractivity contribution in [3.8, 4) is 0 Å². The molecule has 1 aliphatic heterocycles. The Labute approximate surface area is 98.8 Å². The Kier molecular flexibility index (Phi) is 4.33. The second-order valence-corrected chi connectivity index (χ2v) is 3.39. The summed E-state index contributed by atoms with van der Waals surface area (Å²) in [5, 5.41) is 0. The SMILES string of the molecule is CN1C(=O)CC(=O)N(C)C1=O.c1ccncc1. The van der Waals surface area contributed by atoms with E-state index < -0.39 is 17.8 Å². The van der Waals surface area contributed by atoms with Gasteiger partial charge in [0.1, 0.15) is 6.42 Å². The molecule has 1 saturated heterocycles. The fourth-order valence-corrected chi connectivity index (χ4v) is 1.12. The summed E-state index contributed by atoms with van der Waals surface area (Å²) in [6, 6.07) is 5.15. The second kappa shape index (κ2) is 5.74. The average molecular weight is 235 g/mol. The number of amides is 4. The summed E-state index contributed by atoms with van der Waals surface area (Å²) in [4.78, 5) is 38.2. The predicted octanol–water partition coefficient (Wildman–Crippen LogP) is 0.508. The third-order valence-electron chi connectivity index (χ3n) is 2.19. The van der Waals surface area contributed by atoms with Gasteiger partial charge in [0.25, 0.3) is 0 Å². The molecule has 0 spiro atoms. The zero-order chi connectivity index (χ0) is 12.8. The van der Waals surface area contributed by atoms with E-state index in [0.29, 0.717) is 0 Å². The molecule has 6 heteroatoms. The van der Waals surface area contributed by atoms with E-state index in [9.17, 15) is 14.4 Å². The summed E-state index contributed by atoms with van der Waals surface area (Å²) in [7, 11) is 2.71. The van der Waals surface area contributed by atoms with E-state index in [1.165, 1.54) is 14.1 Å². The lowest BCUT2D eigenvalue weighted by atomic mass is 10.3. The van der Waals surface area contributed by atoms with Crippen LogP contribution in [0.2, 0.25) is 0 Å². The van der Waals surface area contributed by atoms with E-state index in [0.717, 1.165) is 9.80 Å². The fourth-order valence-electron chi connectivity index (χ4n) is 1.12. The maximum Gasteiger partial charge on any atom is 0.332 e. The molecule has 0 unspecified atom stereocenters. The van der Waals surface area contributed by atoms with Crippen molar-refractivity contribution in [1.82, 2.24) is 14.8 Å². The molecule has 0 bridgehead atoms. The molecule has 0 radical (unpaired) electrons. The maximum atomic E-state index is 11.0. The average Bonchev–Trinajstić information content (AvgIpc) is 2.37. The Hall–Kier alpha value is -2.24. The molecule has 1 aliphatic rings. The van der Waals surface area contributed by atoms with Gasteiger partial charge in [-0.1, -0.05) is 6.07 Å². The van der Waals surface area contributed by atoms with Crippen LogP contribution in [-0.2, 0) is 9.59 Å². The van der Waals surface area contributed by atoms with Crippen molar-refractivity contribution < 1.29 is 14.4 Å². The molecule has 2 rings (SSSR count). The van der Waals surface area contributed by atoms with Crippen LogP contribution >= 0.6 is 0 Å². The minimum Gasteiger partial charge on any atom is -0.274 e. The lowest BCUT2D eigenvalue weighted by molar-refractivity contribution is -0.140. The summed E-state index contributed by atoms with van der Waals surface area (Å²) in [5.74, 6) is -0.892. The van der Waals surface area contributed by atoms with Gasteiger partial charge in [-0.15, -0.1) is 0 Å². The van der Waals surface area contributed by atoms with E-state index in [1.54, 1.807) is 12.4 Å². The molecule has 1 aromatic heterocycles. The summed E-state index contributed by atoms with van der Waals surface area (Å²) >= 11 is 0. The standard InChI is InChI=1S/C6H8N2O3.C5H5N/c1-7-4(9)3-5(10)8(2)6(7)11;1-2-4-6-5-3-1/h3H2,1-2H3;1-5H. The molecule has 0 aliphatic carbocycles. The van der Waals surface area contributed by atoms with Crippen molar-refractivity contribution in [2.75, 3.05) is 14.1 Å². The van der Waals surface area contributed by atoms with Gasteiger partial charge in [0.05, 0.1) is 0 Å². The molecule has 90 valence electrons. The van der Waals surface area contributed by atoms with Crippen molar-refractivity contribution in [2.45, 2.75) is 6.42 Å². The smallest absolute Gasteiger partial charge is 0.274 e. The highest BCUT2D eigenvalue weighted by Gasteiger charge is 2.32. The molecule has 6 nitrogen and oxygen atoms in total. The Morgan fingerprint density at radius 2 is 1.41 bits per heavy atom. The van der Waals surface area contributed by atoms with Gasteiger partial charge in [-0.2, -0.15) is 0 Å². The van der Waals surface area contributed by atoms with Crippen molar-refractivity contribution >= 4 is 17.8 Å². The molecule has 0 atom stereocenters. The normalized spacial score (nSPS) is 15.5. The monoisotopic (exact) mass is 235 g/mol. The van der Waals surface area contributed by atoms with Gasteiger partial charge in [-0.3, -0.25) is 24.4 Å². The topological polar surface area (TPSA) is 70.6 Å². The summed E-state index contributed by atoms with van der Waals surface area (Å²) < 4.78 is 0. The Bertz CT molecular complexity index is 371. The number of carbonyl (C=O) groups is 3. The minimum absolute atomic E-state index is 0.210. The number of barbiturate groups is 1. The highest BCUT2D eigenvalue weighted by Crippen LogP contribution is 2.06. The predicted molar refractivity (Wildman–Crippen MR) is 59.8 cm³/mol. The van der Waals surface area contributed by atoms with E-state index in [2.05, 4.69) is 4.98 Å². The maximum absolute atomic E-state index is 11.0. The van der Waals surface area contributed by atoms with E-state index >= 15 is 0 Å². The molecule has 0 aromatic carbocycles. The molecule has 2 heterocycles. The molecular weight excluding hydrogens is 222 g/mol. The van der Waals surface area contributed by atoms with Crippen LogP contribution in [0.5, 0.6) is 0 Å². The van der Waals surface area contributed by atoms with Crippen LogP contribution in [0.4, 0.5) is 4.79 Å². The Morgan fingerprint density at radius 1 is 0.941 bits per heavy atom. The molecular formula is C11H13N3O3. The molecule has 0 saturated carbocycles. The lowest BCUT2D eigenvalue weighted by Crippen LogP contribution is -2.51. The van der Waals surface area contributed by atoms with Gasteiger partial charge in [0.15, 0.2) is 0 Å². The zero-order valence-corrected chi connectivity index (χ0v) is 9.66. The van der Waals surface area contributed by atoms with Gasteiger partial charge in [0, 0.05) is 26.5 Å². The van der Waals surface area contributed by atoms with Gasteiger partial charge in [0.2, 0.25) is 11.8 Å². The van der Waals surface area contributed by atoms with Crippen LogP contribution in [0, 0.1) is 0 Å². The number of urea groups is 1. The molecule has 4 amide bonds. The third-order valence-corrected chi connectivity index (χ3v) is 2.19. The number of hydrogen-bond acceptors (Lipinski definition) is 4. The third kappa shape index (κ3) is 3.37. The highest BCUT2D eigenvalue weighted by molar-refractivity contribution is 6.13. The van der Waals surface area contributed by atoms with E-state index in [-0.39, 0.29) is 6.42 Å². The largest absolute Gasteiger partial charge is 0.332 e. The second-order valence-electron chi connectivity index (χ2n) is 3.39. The van der Waals surface area contributed by atoms with E-state index in [4.69, 9.17) is 0 Å². The molecule has 1 aromatic rings. The number of hydrogen-bond donors (Lipinski definition) is 0. The van der Waals surface area contributed by atoms with Crippen molar-refractivity contribution in [3.63, 3.8) is 0 Å². The van der Waals surface area contributed by atoms with Gasteiger partial charge in [-0.25, -0.2) is 4.79 Å². The number of pyridine rings is 1. The minimum atomic E-state index is -0.564. The van der Waals surface area contributed by atoms with Crippen molar-refractivity contribution in [1.29, 1.82) is 0 Å². The number of rotatable bonds is 0. The quantitative estimate of drug-likeness (QED) is 0.614. The number of imide groups is 2. The number of nitrogens with zero attached hydrogens (tertiary/aromatic N) is 3. The zero-order valence-electron chi connectivity index (χ0n) is 9.66. The first-order valence-corrected chi connectivity index (χ1v) is 4.96. The lowest BCUT2D eigenvalue weighted by Gasteiger charge is -2.26.